The molecular formula is C31H44Cl2N7O18P3S3. The molecule has 1 aromatic carbocycles. The number of nitrogens with zero attached hydrogens (tertiary/aromatic N) is 4. The summed E-state index contributed by atoms with van der Waals surface area (Å²) in [6.45, 7) is 5.30. The van der Waals surface area contributed by atoms with E-state index >= 15 is 0 Å². The van der Waals surface area contributed by atoms with E-state index in [1.807, 2.05) is 19.9 Å². The monoisotopic (exact) mass is 1060 g/mol. The van der Waals surface area contributed by atoms with Gasteiger partial charge in [0.2, 0.25) is 11.6 Å². The number of aliphatic hydroxyl groups is 3. The molecule has 0 radical (unpaired) electrons. The Morgan fingerprint density at radius 2 is 1.55 bits per heavy atom. The van der Waals surface area contributed by atoms with Crippen molar-refractivity contribution in [3.8, 4) is 0 Å². The number of aromatic nitrogens is 6. The van der Waals surface area contributed by atoms with Crippen molar-refractivity contribution in [2.75, 3.05) is 37.2 Å². The summed E-state index contributed by atoms with van der Waals surface area (Å²) < 4.78 is 54.0. The number of phosphoric acid groups is 2. The van der Waals surface area contributed by atoms with E-state index in [4.69, 9.17) is 78.8 Å². The van der Waals surface area contributed by atoms with E-state index in [2.05, 4.69) is 29.0 Å². The van der Waals surface area contributed by atoms with Gasteiger partial charge in [0, 0.05) is 28.1 Å². The number of H-pyrrole nitrogens is 2. The first-order valence-corrected chi connectivity index (χ1v) is 27.3. The number of nitrogens with two attached hydrogens (primary N) is 1. The molecule has 0 spiro atoms. The molecule has 33 heteroatoms. The average molecular weight is 1060 g/mol. The van der Waals surface area contributed by atoms with Gasteiger partial charge in [-0.2, -0.15) is 4.98 Å². The predicted octanol–water partition coefficient (Wildman–Crippen LogP) is 2.11. The van der Waals surface area contributed by atoms with Gasteiger partial charge in [-0.1, -0.05) is 34.6 Å². The summed E-state index contributed by atoms with van der Waals surface area (Å²) in [7, 11) is -9.43. The van der Waals surface area contributed by atoms with Crippen molar-refractivity contribution in [2.24, 2.45) is 0 Å². The number of phosphoric ester groups is 2. The van der Waals surface area contributed by atoms with Crippen molar-refractivity contribution in [3.05, 3.63) is 77.5 Å². The van der Waals surface area contributed by atoms with Gasteiger partial charge in [-0.25, -0.2) is 18.9 Å². The summed E-state index contributed by atoms with van der Waals surface area (Å²) in [5.41, 5.74) is 1.69. The van der Waals surface area contributed by atoms with E-state index in [9.17, 15) is 38.8 Å². The van der Waals surface area contributed by atoms with Gasteiger partial charge in [-0.05, 0) is 50.8 Å². The molecule has 0 bridgehead atoms. The number of anilines is 1. The molecule has 2 aliphatic heterocycles. The third-order valence-electron chi connectivity index (χ3n) is 8.43. The highest BCUT2D eigenvalue weighted by molar-refractivity contribution is 8.69. The molecule has 5 heterocycles. The Morgan fingerprint density at radius 3 is 2.16 bits per heavy atom. The minimum atomic E-state index is -4.76. The fraction of sp³-hybridized carbons (Fsp3) is 0.516. The van der Waals surface area contributed by atoms with Crippen LogP contribution in [0.5, 0.6) is 0 Å². The van der Waals surface area contributed by atoms with E-state index in [0.29, 0.717) is 28.8 Å². The summed E-state index contributed by atoms with van der Waals surface area (Å²) in [5, 5.41) is 31.9. The maximum Gasteiger partial charge on any atom is 0.469 e. The van der Waals surface area contributed by atoms with E-state index < -0.39 is 94.3 Å². The lowest BCUT2D eigenvalue weighted by atomic mass is 10.1. The second-order valence-electron chi connectivity index (χ2n) is 13.1. The number of aromatic amines is 2. The van der Waals surface area contributed by atoms with Crippen LogP contribution in [0.25, 0.3) is 11.2 Å². The quantitative estimate of drug-likeness (QED) is 0.0436. The van der Waals surface area contributed by atoms with E-state index in [1.165, 1.54) is 35.4 Å². The Kier molecular flexibility index (Phi) is 20.3. The lowest BCUT2D eigenvalue weighted by Crippen LogP contribution is -2.33. The number of thioether (sulfide) groups is 1. The molecule has 25 nitrogen and oxygen atoms in total. The Morgan fingerprint density at radius 1 is 0.922 bits per heavy atom. The largest absolute Gasteiger partial charge is 0.469 e. The molecule has 11 N–H and O–H groups in total. The fourth-order valence-electron chi connectivity index (χ4n) is 5.57. The van der Waals surface area contributed by atoms with Crippen LogP contribution >= 0.6 is 67.7 Å². The first-order valence-electron chi connectivity index (χ1n) is 18.3. The molecule has 0 amide bonds. The second-order valence-corrected chi connectivity index (χ2v) is 24.1. The lowest BCUT2D eigenvalue weighted by molar-refractivity contribution is -0.0503. The third kappa shape index (κ3) is 15.8. The van der Waals surface area contributed by atoms with Crippen LogP contribution in [0, 0.1) is 6.92 Å². The highest BCUT2D eigenvalue weighted by atomic mass is 35.5. The van der Waals surface area contributed by atoms with Gasteiger partial charge in [-0.3, -0.25) is 37.7 Å². The van der Waals surface area contributed by atoms with Crippen molar-refractivity contribution in [1.29, 1.82) is 0 Å². The van der Waals surface area contributed by atoms with Crippen molar-refractivity contribution < 1.29 is 71.6 Å². The minimum absolute atomic E-state index is 0.0176. The lowest BCUT2D eigenvalue weighted by Gasteiger charge is -2.19. The molecule has 0 aliphatic carbocycles. The predicted molar refractivity (Wildman–Crippen MR) is 237 cm³/mol. The zero-order chi connectivity index (χ0) is 47.7. The van der Waals surface area contributed by atoms with Gasteiger partial charge in [0.1, 0.15) is 30.6 Å². The number of aliphatic hydroxyl groups excluding tert-OH is 3. The topological polar surface area (TPSA) is 376 Å². The summed E-state index contributed by atoms with van der Waals surface area (Å²) in [6, 6.07) is 5.41. The molecule has 7 atom stereocenters. The number of halogens is 2. The van der Waals surface area contributed by atoms with Crippen molar-refractivity contribution in [3.63, 3.8) is 0 Å². The molecule has 358 valence electrons. The number of nitrogens with one attached hydrogen (secondary N) is 2. The number of imidazole rings is 1. The zero-order valence-corrected chi connectivity index (χ0v) is 40.1. The number of rotatable bonds is 16. The molecule has 3 aromatic heterocycles. The molecule has 4 aromatic rings. The van der Waals surface area contributed by atoms with Crippen LogP contribution in [0.2, 0.25) is 10.0 Å². The molecule has 6 rings (SSSR count). The van der Waals surface area contributed by atoms with Crippen LogP contribution in [0.15, 0.2) is 50.0 Å². The van der Waals surface area contributed by atoms with Crippen molar-refractivity contribution in [1.82, 2.24) is 29.1 Å². The Hall–Kier alpha value is -2.08. The van der Waals surface area contributed by atoms with E-state index in [1.54, 1.807) is 23.9 Å². The van der Waals surface area contributed by atoms with Crippen molar-refractivity contribution in [2.45, 2.75) is 75.1 Å². The van der Waals surface area contributed by atoms with Gasteiger partial charge in [0.05, 0.1) is 49.0 Å². The third-order valence-corrected chi connectivity index (χ3v) is 17.2. The zero-order valence-electron chi connectivity index (χ0n) is 33.5. The van der Waals surface area contributed by atoms with Crippen LogP contribution in [0.1, 0.15) is 38.3 Å². The molecule has 2 fully saturated rings. The second kappa shape index (κ2) is 23.8. The summed E-state index contributed by atoms with van der Waals surface area (Å²) in [6.07, 6.45) is -5.78. The van der Waals surface area contributed by atoms with Crippen LogP contribution in [-0.4, -0.2) is 126 Å². The number of aryl methyl sites for hydroxylation is 1. The first kappa shape index (κ1) is 54.5. The molecule has 0 saturated carbocycles. The molecule has 2 aliphatic rings. The SMILES string of the molecule is CCOP(=S)(OCC)SCSc1cc(Cl)ccc1Cl.Cc1cn([C@H]2C[C@H](O)[C@@H](COP(=O)(O)O)O2)c(=O)[nH]c1=O.Nc1nc2c(ncn2[C@@H]2O[C@H](COP(=O)(O)O)[C@@H](O)[C@H]2O)c(=O)[nH]1. The van der Waals surface area contributed by atoms with Crippen LogP contribution in [0.3, 0.4) is 0 Å². The van der Waals surface area contributed by atoms with Crippen LogP contribution in [0.4, 0.5) is 5.95 Å². The van der Waals surface area contributed by atoms with E-state index in [-0.39, 0.29) is 23.5 Å². The molecule has 0 unspecified atom stereocenters. The minimum Gasteiger partial charge on any atom is -0.390 e. The number of hydrogen-bond donors (Lipinski definition) is 10. The Labute approximate surface area is 385 Å². The summed E-state index contributed by atoms with van der Waals surface area (Å²) >= 11 is 20.6. The highest BCUT2D eigenvalue weighted by Crippen LogP contribution is 2.62. The normalized spacial score (nSPS) is 22.5. The standard InChI is InChI=1S/C11H15Cl2O2PS3.C10H14N5O8P.C10H15N2O8P/c1-3-14-16(17,15-4-2)19-8-18-11-7-9(12)5-6-10(11)13;11-10-13-7-4(8(18)14-10)12-2-15(7)9-6(17)5(16)3(23-9)1-22-24(19,20)21;1-5-3-12(10(15)11-9(5)14)8-2-6(13)7(20-8)4-19-21(16,17)18/h5-7H,3-4,8H2,1-2H3;2-3,5-6,9,16-17H,1H2,(H2,19,20,21)(H3,11,13,14,18);3,6-8,13H,2,4H2,1H3,(H,11,14,15)(H2,16,17,18)/t;3-,5-,6-,9-;6-,7+,8+/m.10/s1. The van der Waals surface area contributed by atoms with E-state index in [0.717, 1.165) is 14.5 Å². The van der Waals surface area contributed by atoms with Gasteiger partial charge in [0.15, 0.2) is 17.4 Å². The molecule has 2 saturated heterocycles. The Bertz CT molecular complexity index is 2540. The summed E-state index contributed by atoms with van der Waals surface area (Å²) in [5.74, 6) is -0.177. The Balaban J connectivity index is 0.000000212. The van der Waals surface area contributed by atoms with Gasteiger partial charge >= 0.3 is 21.3 Å². The maximum absolute atomic E-state index is 11.7. The number of nitrogen functional groups attached to an aromatic ring is 1. The van der Waals surface area contributed by atoms with Crippen molar-refractivity contribution >= 4 is 96.6 Å². The smallest absolute Gasteiger partial charge is 0.390 e. The van der Waals surface area contributed by atoms with Crippen LogP contribution in [-0.2, 0) is 48.5 Å². The first-order chi connectivity index (χ1) is 29.8. The summed E-state index contributed by atoms with van der Waals surface area (Å²) in [4.78, 5) is 82.4. The number of hydrogen-bond acceptors (Lipinski definition) is 20. The van der Waals surface area contributed by atoms with Gasteiger partial charge in [0.25, 0.3) is 11.1 Å². The number of benzene rings is 1. The number of ether oxygens (including phenoxy) is 2. The van der Waals surface area contributed by atoms with Crippen LogP contribution < -0.4 is 22.5 Å². The average Bonchev–Trinajstić information content (AvgIpc) is 3.87. The molecular weight excluding hydrogens is 1020 g/mol. The maximum atomic E-state index is 11.7. The highest BCUT2D eigenvalue weighted by Gasteiger charge is 2.45. The van der Waals surface area contributed by atoms with Gasteiger partial charge < -0.3 is 59.1 Å². The number of fused-ring (bicyclic) bond motifs is 1. The molecule has 64 heavy (non-hydrogen) atoms. The fourth-order valence-corrected chi connectivity index (χ4v) is 13.8. The van der Waals surface area contributed by atoms with Gasteiger partial charge in [-0.15, -0.1) is 11.8 Å².